The topological polar surface area (TPSA) is 138 Å². The first-order valence-electron chi connectivity index (χ1n) is 12.2. The first-order valence-corrected chi connectivity index (χ1v) is 13.3. The molecular formula is C30H18Cl3N3O6. The largest absolute Gasteiger partial charge is 0.489 e. The number of nitriles is 1. The molecule has 1 unspecified atom stereocenters. The van der Waals surface area contributed by atoms with E-state index in [-0.39, 0.29) is 45.8 Å². The zero-order valence-corrected chi connectivity index (χ0v) is 23.6. The summed E-state index contributed by atoms with van der Waals surface area (Å²) in [7, 11) is 0. The molecule has 1 atom stereocenters. The number of hydrogen-bond acceptors (Lipinski definition) is 8. The van der Waals surface area contributed by atoms with Crippen molar-refractivity contribution in [2.45, 2.75) is 12.5 Å². The second-order valence-electron chi connectivity index (χ2n) is 9.03. The van der Waals surface area contributed by atoms with Crippen LogP contribution in [0.5, 0.6) is 17.2 Å². The van der Waals surface area contributed by atoms with Gasteiger partial charge in [-0.15, -0.1) is 0 Å². The number of fused-ring (bicyclic) bond motifs is 1. The number of ether oxygens (including phenoxy) is 3. The van der Waals surface area contributed by atoms with Crippen molar-refractivity contribution in [2.75, 3.05) is 0 Å². The first-order chi connectivity index (χ1) is 20.1. The van der Waals surface area contributed by atoms with Gasteiger partial charge in [0.05, 0.1) is 21.4 Å². The van der Waals surface area contributed by atoms with Crippen LogP contribution in [0.15, 0.2) is 90.3 Å². The average molecular weight is 623 g/mol. The molecule has 0 radical (unpaired) electrons. The third-order valence-corrected chi connectivity index (χ3v) is 7.30. The fraction of sp³-hybridized carbons (Fsp3) is 0.0667. The van der Waals surface area contributed by atoms with Crippen molar-refractivity contribution in [3.05, 3.63) is 138 Å². The molecule has 1 heterocycles. The van der Waals surface area contributed by atoms with E-state index < -0.39 is 16.8 Å². The van der Waals surface area contributed by atoms with Gasteiger partial charge in [-0.25, -0.2) is 4.79 Å². The molecule has 5 rings (SSSR count). The number of nitro benzene ring substituents is 1. The molecule has 0 amide bonds. The zero-order chi connectivity index (χ0) is 30.0. The van der Waals surface area contributed by atoms with E-state index in [2.05, 4.69) is 6.07 Å². The van der Waals surface area contributed by atoms with E-state index in [1.165, 1.54) is 24.3 Å². The molecule has 4 aromatic rings. The molecule has 42 heavy (non-hydrogen) atoms. The Morgan fingerprint density at radius 2 is 1.81 bits per heavy atom. The molecule has 4 aromatic carbocycles. The maximum absolute atomic E-state index is 12.8. The van der Waals surface area contributed by atoms with Gasteiger partial charge in [0.2, 0.25) is 5.88 Å². The number of carbonyl (C=O) groups is 1. The summed E-state index contributed by atoms with van der Waals surface area (Å²) in [6, 6.07) is 22.5. The molecule has 2 N–H and O–H groups in total. The second kappa shape index (κ2) is 12.0. The van der Waals surface area contributed by atoms with E-state index in [0.717, 1.165) is 11.6 Å². The van der Waals surface area contributed by atoms with Gasteiger partial charge >= 0.3 is 5.97 Å². The Labute approximate surface area is 254 Å². The lowest BCUT2D eigenvalue weighted by Crippen LogP contribution is -2.21. The minimum Gasteiger partial charge on any atom is -0.489 e. The first kappa shape index (κ1) is 28.8. The van der Waals surface area contributed by atoms with Crippen LogP contribution < -0.4 is 19.9 Å². The summed E-state index contributed by atoms with van der Waals surface area (Å²) >= 11 is 18.3. The molecular weight excluding hydrogens is 605 g/mol. The number of carbonyl (C=O) groups excluding carboxylic acids is 1. The molecule has 0 aliphatic carbocycles. The third kappa shape index (κ3) is 5.97. The Hall–Kier alpha value is -4.75. The highest BCUT2D eigenvalue weighted by Crippen LogP contribution is 2.44. The molecule has 12 heteroatoms. The van der Waals surface area contributed by atoms with Crippen LogP contribution in [-0.4, -0.2) is 10.9 Å². The van der Waals surface area contributed by atoms with Crippen LogP contribution in [0, 0.1) is 21.4 Å². The fourth-order valence-corrected chi connectivity index (χ4v) is 5.03. The fourth-order valence-electron chi connectivity index (χ4n) is 4.37. The predicted octanol–water partition coefficient (Wildman–Crippen LogP) is 7.57. The van der Waals surface area contributed by atoms with E-state index in [4.69, 9.17) is 54.7 Å². The Morgan fingerprint density at radius 3 is 2.55 bits per heavy atom. The van der Waals surface area contributed by atoms with Crippen LogP contribution in [0.2, 0.25) is 15.1 Å². The van der Waals surface area contributed by atoms with Crippen LogP contribution in [0.3, 0.4) is 0 Å². The molecule has 1 aliphatic rings. The molecule has 210 valence electrons. The Kier molecular flexibility index (Phi) is 8.22. The third-order valence-electron chi connectivity index (χ3n) is 6.38. The normalized spacial score (nSPS) is 13.9. The second-order valence-corrected chi connectivity index (χ2v) is 10.3. The number of rotatable bonds is 7. The SMILES string of the molecule is N#CC1=C(N)Oc2cc(OC(=O)c3cc([N+](=O)[O-])ccc3Cl)ccc2C1c1cccc(OCc2ccc(Cl)cc2Cl)c1. The minimum atomic E-state index is -0.900. The van der Waals surface area contributed by atoms with Crippen LogP contribution in [0.1, 0.15) is 33.0 Å². The van der Waals surface area contributed by atoms with Crippen LogP contribution in [0.4, 0.5) is 5.69 Å². The van der Waals surface area contributed by atoms with Gasteiger partial charge in [0.15, 0.2) is 0 Å². The summed E-state index contributed by atoms with van der Waals surface area (Å²) in [6.07, 6.45) is 0. The number of halogens is 3. The summed E-state index contributed by atoms with van der Waals surface area (Å²) in [4.78, 5) is 23.3. The number of nitrogens with zero attached hydrogens (tertiary/aromatic N) is 2. The smallest absolute Gasteiger partial charge is 0.345 e. The summed E-state index contributed by atoms with van der Waals surface area (Å²) in [6.45, 7) is 0.191. The van der Waals surface area contributed by atoms with Crippen molar-refractivity contribution in [3.63, 3.8) is 0 Å². The lowest BCUT2D eigenvalue weighted by molar-refractivity contribution is -0.384. The number of benzene rings is 4. The highest BCUT2D eigenvalue weighted by Gasteiger charge is 2.31. The van der Waals surface area contributed by atoms with Gasteiger partial charge in [-0.05, 0) is 42.0 Å². The Bertz CT molecular complexity index is 1820. The van der Waals surface area contributed by atoms with Gasteiger partial charge in [0.1, 0.15) is 35.5 Å². The number of hydrogen-bond donors (Lipinski definition) is 1. The Morgan fingerprint density at radius 1 is 1.00 bits per heavy atom. The molecule has 0 saturated heterocycles. The zero-order valence-electron chi connectivity index (χ0n) is 21.3. The Balaban J connectivity index is 1.42. The summed E-state index contributed by atoms with van der Waals surface area (Å²) in [5, 5.41) is 22.0. The maximum Gasteiger partial charge on any atom is 0.345 e. The van der Waals surface area contributed by atoms with Crippen molar-refractivity contribution in [3.8, 4) is 23.3 Å². The monoisotopic (exact) mass is 621 g/mol. The predicted molar refractivity (Wildman–Crippen MR) is 156 cm³/mol. The number of allylic oxidation sites excluding steroid dienone is 1. The lowest BCUT2D eigenvalue weighted by atomic mass is 9.83. The number of nitrogens with two attached hydrogens (primary N) is 1. The van der Waals surface area contributed by atoms with Crippen molar-refractivity contribution < 1.29 is 23.9 Å². The van der Waals surface area contributed by atoms with Gasteiger partial charge in [0.25, 0.3) is 5.69 Å². The van der Waals surface area contributed by atoms with Gasteiger partial charge in [0, 0.05) is 39.4 Å². The van der Waals surface area contributed by atoms with E-state index in [1.807, 2.05) is 6.07 Å². The van der Waals surface area contributed by atoms with E-state index in [0.29, 0.717) is 26.9 Å². The van der Waals surface area contributed by atoms with Gasteiger partial charge < -0.3 is 19.9 Å². The van der Waals surface area contributed by atoms with Gasteiger partial charge in [-0.1, -0.05) is 59.1 Å². The summed E-state index contributed by atoms with van der Waals surface area (Å²) < 4.78 is 17.1. The quantitative estimate of drug-likeness (QED) is 0.0964. The summed E-state index contributed by atoms with van der Waals surface area (Å²) in [5.74, 6) is -0.766. The number of esters is 1. The maximum atomic E-state index is 12.8. The number of non-ortho nitro benzene ring substituents is 1. The number of nitro groups is 1. The highest BCUT2D eigenvalue weighted by molar-refractivity contribution is 6.35. The van der Waals surface area contributed by atoms with E-state index >= 15 is 0 Å². The standard InChI is InChI=1S/C30H18Cl3N3O6/c31-18-5-4-17(26(33)11-18)15-40-20-3-1-2-16(10-20)28-22-8-7-21(13-27(22)42-29(35)24(28)14-34)41-30(37)23-12-19(36(38)39)6-9-25(23)32/h1-13,28H,15,35H2. The molecule has 0 bridgehead atoms. The van der Waals surface area contributed by atoms with Crippen molar-refractivity contribution in [1.29, 1.82) is 5.26 Å². The van der Waals surface area contributed by atoms with Gasteiger partial charge in [-0.2, -0.15) is 5.26 Å². The van der Waals surface area contributed by atoms with E-state index in [9.17, 15) is 20.2 Å². The van der Waals surface area contributed by atoms with Crippen molar-refractivity contribution >= 4 is 46.5 Å². The van der Waals surface area contributed by atoms with Crippen molar-refractivity contribution in [2.24, 2.45) is 5.73 Å². The average Bonchev–Trinajstić information content (AvgIpc) is 2.96. The van der Waals surface area contributed by atoms with Crippen LogP contribution in [0.25, 0.3) is 0 Å². The molecule has 9 nitrogen and oxygen atoms in total. The highest BCUT2D eigenvalue weighted by atomic mass is 35.5. The lowest BCUT2D eigenvalue weighted by Gasteiger charge is -2.27. The van der Waals surface area contributed by atoms with Crippen molar-refractivity contribution in [1.82, 2.24) is 0 Å². The van der Waals surface area contributed by atoms with E-state index in [1.54, 1.807) is 42.5 Å². The molecule has 0 fully saturated rings. The molecule has 0 saturated carbocycles. The molecule has 0 spiro atoms. The van der Waals surface area contributed by atoms with Crippen LogP contribution >= 0.6 is 34.8 Å². The minimum absolute atomic E-state index is 0.00820. The molecule has 1 aliphatic heterocycles. The molecule has 0 aromatic heterocycles. The summed E-state index contributed by atoms with van der Waals surface area (Å²) in [5.41, 5.74) is 7.87. The van der Waals surface area contributed by atoms with Gasteiger partial charge in [-0.3, -0.25) is 10.1 Å². The van der Waals surface area contributed by atoms with Crippen LogP contribution in [-0.2, 0) is 6.61 Å².